The zero-order valence-electron chi connectivity index (χ0n) is 62.2. The van der Waals surface area contributed by atoms with Crippen molar-refractivity contribution < 1.29 is 129 Å². The first-order valence-electron chi connectivity index (χ1n) is 37.4. The lowest BCUT2D eigenvalue weighted by atomic mass is 9.78. The minimum absolute atomic E-state index is 0.0469. The van der Waals surface area contributed by atoms with Crippen LogP contribution in [0.15, 0.2) is 54.2 Å². The van der Waals surface area contributed by atoms with Gasteiger partial charge >= 0.3 is 11.9 Å². The van der Waals surface area contributed by atoms with Crippen LogP contribution >= 0.6 is 0 Å². The van der Waals surface area contributed by atoms with Crippen molar-refractivity contribution in [2.75, 3.05) is 0 Å². The minimum Gasteiger partial charge on any atom is -0.459 e. The second kappa shape index (κ2) is 39.6. The Kier molecular flexibility index (Phi) is 33.7. The van der Waals surface area contributed by atoms with Crippen molar-refractivity contribution >= 4 is 29.3 Å². The molecule has 0 saturated carbocycles. The number of esters is 2. The van der Waals surface area contributed by atoms with Gasteiger partial charge in [0.2, 0.25) is 11.6 Å². The Bertz CT molecular complexity index is 2970. The van der Waals surface area contributed by atoms with E-state index in [4.69, 9.17) is 33.2 Å². The number of benzene rings is 1. The maximum atomic E-state index is 13.8. The van der Waals surface area contributed by atoms with Crippen LogP contribution in [0.2, 0.25) is 0 Å². The van der Waals surface area contributed by atoms with Crippen molar-refractivity contribution in [3.63, 3.8) is 0 Å². The molecular weight excluding hydrogens is 1340 g/mol. The summed E-state index contributed by atoms with van der Waals surface area (Å²) in [4.78, 5) is 66.0. The molecule has 1 aliphatic carbocycles. The lowest BCUT2D eigenvalue weighted by Crippen LogP contribution is -2.59. The lowest BCUT2D eigenvalue weighted by Gasteiger charge is -2.47. The Morgan fingerprint density at radius 2 is 1.27 bits per heavy atom. The standard InChI is InChI=1S/C77H122O26/c1-13-62(99-66-38-76(12,95)74(48(11)98-66)102-65-29-27-63(47(10)97-65)100-75(94)46(9)71(92)49-23-26-58-59(31-49)61(86)30-42(5)67(58)88)43(6)69(90)44(7)70(91)45(8)72-41(4)21-25-51(79)16-14-18-52(80)32-54(82)33-55(83)34-57-35-56(84)37-77(96,103-57)73(93)68(89)40(3)20-24-50(78)17-15-19-53(81)36-60(85)39(2)22-28-64(87)101-72/h21-23,25-26,28,30-31,39-41,43-48,50-57,60,62-63,65-66,68-72,74,78-85,89-92,95-96H,13-20,24,27,29,32-38H2,1-12H3/b25-21-,28-22?/t39-,40+,41-,43-,44+,45-,46+,47+,48-,50+,51-,52+,53+,54+,55-,56-,57+,60+,62-,63-,65-,66-,68-,69-,70-,71-,72-,74+,76+,77+/m0/s1. The summed E-state index contributed by atoms with van der Waals surface area (Å²) < 4.78 is 43.1. The highest BCUT2D eigenvalue weighted by molar-refractivity contribution is 6.24. The summed E-state index contributed by atoms with van der Waals surface area (Å²) in [5.41, 5.74) is -0.565. The maximum absolute atomic E-state index is 13.8. The highest BCUT2D eigenvalue weighted by Gasteiger charge is 2.51. The van der Waals surface area contributed by atoms with Gasteiger partial charge in [0.25, 0.3) is 0 Å². The SMILES string of the molecule is CC[C@H](O[C@H]1C[C@@](C)(O)[C@H](O[C@H]2CC[C@H](OC(=O)[C@H](C)[C@H](O)c3ccc4c(c3)C(=O)C=C(C)C4=O)[C@@H](C)O2)[C@H](C)O1)[C@H](C)[C@H](O)[C@@H](C)[C@H](O)[C@H](C)[C@H]1OC(=O)C=C[C@H](C)[C@H](O)C[C@H](O)CCC[C@@H](O)CC[C@@H](C)[C@H](O)C(=O)[C@@]2(O)C[C@@H](O)C[C@@H](C[C@@H](O)C[C@H](O)C[C@H](O)CCC[C@H](O)/C=C\[C@@H]1C)O2. The van der Waals surface area contributed by atoms with Gasteiger partial charge in [0, 0.05) is 71.6 Å². The van der Waals surface area contributed by atoms with E-state index in [1.54, 1.807) is 75.3 Å². The van der Waals surface area contributed by atoms with Gasteiger partial charge in [0.15, 0.2) is 24.1 Å². The second-order valence-electron chi connectivity index (χ2n) is 31.0. The summed E-state index contributed by atoms with van der Waals surface area (Å²) in [6, 6.07) is 4.40. The van der Waals surface area contributed by atoms with Crippen molar-refractivity contribution in [1.82, 2.24) is 0 Å². The van der Waals surface area contributed by atoms with Crippen LogP contribution in [0.4, 0.5) is 0 Å². The average Bonchev–Trinajstić information content (AvgIpc) is 0.797. The summed E-state index contributed by atoms with van der Waals surface area (Å²) in [5, 5.41) is 157. The van der Waals surface area contributed by atoms with Gasteiger partial charge in [0.05, 0.1) is 103 Å². The Labute approximate surface area is 606 Å². The number of allylic oxidation sites excluding steroid dienone is 2. The molecule has 4 heterocycles. The van der Waals surface area contributed by atoms with E-state index in [1.807, 2.05) is 6.92 Å². The monoisotopic (exact) mass is 1460 g/mol. The van der Waals surface area contributed by atoms with Gasteiger partial charge in [-0.2, -0.15) is 0 Å². The molecule has 26 nitrogen and oxygen atoms in total. The number of fused-ring (bicyclic) bond motifs is 3. The molecule has 3 saturated heterocycles. The van der Waals surface area contributed by atoms with E-state index in [2.05, 4.69) is 0 Å². The van der Waals surface area contributed by atoms with Crippen LogP contribution in [0, 0.1) is 41.4 Å². The van der Waals surface area contributed by atoms with Crippen LogP contribution < -0.4 is 0 Å². The van der Waals surface area contributed by atoms with Gasteiger partial charge in [-0.15, -0.1) is 0 Å². The molecule has 0 amide bonds. The molecular formula is C77H122O26. The molecule has 6 rings (SSSR count). The van der Waals surface area contributed by atoms with E-state index >= 15 is 0 Å². The Morgan fingerprint density at radius 3 is 1.93 bits per heavy atom. The number of carbonyl (C=O) groups is 5. The van der Waals surface area contributed by atoms with Crippen molar-refractivity contribution in [2.24, 2.45) is 41.4 Å². The molecule has 1 aromatic carbocycles. The van der Waals surface area contributed by atoms with Crippen LogP contribution in [-0.2, 0) is 47.5 Å². The third-order valence-corrected chi connectivity index (χ3v) is 21.9. The van der Waals surface area contributed by atoms with Crippen molar-refractivity contribution in [3.05, 3.63) is 70.8 Å². The number of hydrogen-bond acceptors (Lipinski definition) is 26. The summed E-state index contributed by atoms with van der Waals surface area (Å²) in [6.07, 6.45) is -13.5. The summed E-state index contributed by atoms with van der Waals surface area (Å²) in [5.74, 6) is -11.3. The number of ether oxygens (including phenoxy) is 7. The number of aliphatic hydroxyl groups is 14. The highest BCUT2D eigenvalue weighted by Crippen LogP contribution is 2.40. The van der Waals surface area contributed by atoms with Crippen molar-refractivity contribution in [1.29, 1.82) is 0 Å². The average molecular weight is 1460 g/mol. The second-order valence-corrected chi connectivity index (χ2v) is 31.0. The van der Waals surface area contributed by atoms with Crippen LogP contribution in [-0.4, -0.2) is 235 Å². The molecule has 1 aromatic rings. The quantitative estimate of drug-likeness (QED) is 0.0799. The molecule has 2 bridgehead atoms. The first kappa shape index (κ1) is 87.5. The zero-order valence-corrected chi connectivity index (χ0v) is 62.2. The van der Waals surface area contributed by atoms with E-state index in [9.17, 15) is 95.5 Å². The first-order valence-corrected chi connectivity index (χ1v) is 37.4. The number of Topliss-reactive ketones (excluding diaryl/α,β-unsaturated/α-hetero) is 2. The van der Waals surface area contributed by atoms with Gasteiger partial charge < -0.3 is 105 Å². The van der Waals surface area contributed by atoms with E-state index in [-0.39, 0.29) is 112 Å². The molecule has 0 unspecified atom stereocenters. The highest BCUT2D eigenvalue weighted by atomic mass is 16.7. The van der Waals surface area contributed by atoms with Gasteiger partial charge in [0.1, 0.15) is 24.4 Å². The molecule has 103 heavy (non-hydrogen) atoms. The predicted molar refractivity (Wildman–Crippen MR) is 375 cm³/mol. The predicted octanol–water partition coefficient (Wildman–Crippen LogP) is 5.13. The molecule has 586 valence electrons. The van der Waals surface area contributed by atoms with Crippen LogP contribution in [0.3, 0.4) is 0 Å². The fraction of sp³-hybridized carbons (Fsp3) is 0.779. The molecule has 5 aliphatic rings. The summed E-state index contributed by atoms with van der Waals surface area (Å²) in [7, 11) is 0. The number of rotatable bonds is 15. The number of ketones is 3. The van der Waals surface area contributed by atoms with Crippen molar-refractivity contribution in [2.45, 2.75) is 339 Å². The van der Waals surface area contributed by atoms with Crippen LogP contribution in [0.1, 0.15) is 231 Å². The van der Waals surface area contributed by atoms with E-state index in [1.165, 1.54) is 43.4 Å². The molecule has 26 heteroatoms. The molecule has 30 atom stereocenters. The zero-order chi connectivity index (χ0) is 76.7. The van der Waals surface area contributed by atoms with Gasteiger partial charge in [-0.05, 0) is 161 Å². The van der Waals surface area contributed by atoms with E-state index < -0.39 is 206 Å². The summed E-state index contributed by atoms with van der Waals surface area (Å²) >= 11 is 0. The van der Waals surface area contributed by atoms with Gasteiger partial charge in [-0.3, -0.25) is 19.2 Å². The molecule has 3 fully saturated rings. The topological polar surface area (TPSA) is 433 Å². The normalized spacial score (nSPS) is 38.8. The van der Waals surface area contributed by atoms with E-state index in [0.717, 1.165) is 6.08 Å². The Balaban J connectivity index is 1.05. The third kappa shape index (κ3) is 24.8. The van der Waals surface area contributed by atoms with Crippen molar-refractivity contribution in [3.8, 4) is 0 Å². The van der Waals surface area contributed by atoms with Gasteiger partial charge in [-0.1, -0.05) is 72.8 Å². The smallest absolute Gasteiger partial charge is 0.330 e. The fourth-order valence-electron chi connectivity index (χ4n) is 15.1. The largest absolute Gasteiger partial charge is 0.459 e. The number of carbonyl (C=O) groups excluding carboxylic acids is 5. The number of cyclic esters (lactones) is 1. The fourth-order valence-corrected chi connectivity index (χ4v) is 15.1. The Hall–Kier alpha value is -4.37. The van der Waals surface area contributed by atoms with Gasteiger partial charge in [-0.25, -0.2) is 4.79 Å². The van der Waals surface area contributed by atoms with Crippen LogP contribution in [0.25, 0.3) is 0 Å². The number of hydrogen-bond donors (Lipinski definition) is 14. The summed E-state index contributed by atoms with van der Waals surface area (Å²) in [6.45, 7) is 20.0. The van der Waals surface area contributed by atoms with Crippen LogP contribution in [0.5, 0.6) is 0 Å². The molecule has 4 aliphatic heterocycles. The number of aliphatic hydroxyl groups excluding tert-OH is 12. The molecule has 14 N–H and O–H groups in total. The molecule has 0 aromatic heterocycles. The third-order valence-electron chi connectivity index (χ3n) is 21.9. The maximum Gasteiger partial charge on any atom is 0.330 e. The minimum atomic E-state index is -2.58. The lowest BCUT2D eigenvalue weighted by molar-refractivity contribution is -0.330. The Morgan fingerprint density at radius 1 is 0.650 bits per heavy atom. The molecule has 0 radical (unpaired) electrons. The van der Waals surface area contributed by atoms with E-state index in [0.29, 0.717) is 31.3 Å². The molecule has 0 spiro atoms. The first-order chi connectivity index (χ1) is 48.2.